The highest BCUT2D eigenvalue weighted by molar-refractivity contribution is 7.80. The topological polar surface area (TPSA) is 26.3 Å². The molecule has 0 heterocycles. The van der Waals surface area contributed by atoms with Crippen LogP contribution in [0.15, 0.2) is 42.0 Å². The Morgan fingerprint density at radius 3 is 2.50 bits per heavy atom. The third kappa shape index (κ3) is 2.20. The average Bonchev–Trinajstić information content (AvgIpc) is 2.06. The Morgan fingerprint density at radius 1 is 1.42 bits per heavy atom. The van der Waals surface area contributed by atoms with Crippen molar-refractivity contribution in [3.63, 3.8) is 0 Å². The fraction of sp³-hybridized carbons (Fsp3) is 0.111. The van der Waals surface area contributed by atoms with Crippen LogP contribution in [0.1, 0.15) is 5.56 Å². The molecule has 2 nitrogen and oxygen atoms in total. The van der Waals surface area contributed by atoms with Gasteiger partial charge in [-0.2, -0.15) is 0 Å². The number of benzene rings is 1. The van der Waals surface area contributed by atoms with Crippen LogP contribution in [0.5, 0.6) is 0 Å². The van der Waals surface area contributed by atoms with Crippen molar-refractivity contribution in [2.75, 3.05) is 0 Å². The largest absolute Gasteiger partial charge is 0.406 e. The Hall–Kier alpha value is -1.09. The third-order valence-electron chi connectivity index (χ3n) is 1.37. The molecule has 0 aromatic heterocycles. The summed E-state index contributed by atoms with van der Waals surface area (Å²) in [6.45, 7) is 5.30. The Balaban J connectivity index is 2.82. The standard InChI is InChI=1S/C9H10O2S/c1-3-11-12(10)9-6-4-8(2)5-7-9/h3-7H,1H2,2H3. The minimum Gasteiger partial charge on any atom is -0.406 e. The van der Waals surface area contributed by atoms with E-state index < -0.39 is 11.1 Å². The van der Waals surface area contributed by atoms with Gasteiger partial charge in [0.1, 0.15) is 0 Å². The second kappa shape index (κ2) is 4.07. The molecule has 12 heavy (non-hydrogen) atoms. The zero-order chi connectivity index (χ0) is 8.97. The molecule has 0 radical (unpaired) electrons. The number of hydrogen-bond donors (Lipinski definition) is 0. The van der Waals surface area contributed by atoms with E-state index in [-0.39, 0.29) is 0 Å². The summed E-state index contributed by atoms with van der Waals surface area (Å²) < 4.78 is 15.9. The summed E-state index contributed by atoms with van der Waals surface area (Å²) >= 11 is -1.41. The van der Waals surface area contributed by atoms with Gasteiger partial charge in [-0.15, -0.1) is 0 Å². The van der Waals surface area contributed by atoms with Gasteiger partial charge in [0.25, 0.3) is 0 Å². The Labute approximate surface area is 74.5 Å². The highest BCUT2D eigenvalue weighted by Crippen LogP contribution is 2.08. The molecule has 64 valence electrons. The zero-order valence-corrected chi connectivity index (χ0v) is 7.64. The normalized spacial score (nSPS) is 12.1. The Bertz CT molecular complexity index is 290. The predicted octanol–water partition coefficient (Wildman–Crippen LogP) is 2.18. The molecule has 0 fully saturated rings. The minimum atomic E-state index is -1.41. The minimum absolute atomic E-state index is 0.653. The maximum Gasteiger partial charge on any atom is 0.240 e. The molecule has 0 saturated heterocycles. The van der Waals surface area contributed by atoms with Crippen molar-refractivity contribution in [1.29, 1.82) is 0 Å². The maximum absolute atomic E-state index is 11.2. The van der Waals surface area contributed by atoms with Crippen LogP contribution >= 0.6 is 0 Å². The Morgan fingerprint density at radius 2 is 2.00 bits per heavy atom. The molecule has 1 rings (SSSR count). The van der Waals surface area contributed by atoms with Gasteiger partial charge in [-0.1, -0.05) is 24.3 Å². The summed E-state index contributed by atoms with van der Waals surface area (Å²) in [5.41, 5.74) is 1.13. The van der Waals surface area contributed by atoms with Gasteiger partial charge in [0.2, 0.25) is 11.1 Å². The molecule has 0 aliphatic carbocycles. The van der Waals surface area contributed by atoms with E-state index in [1.165, 1.54) is 6.26 Å². The first kappa shape index (κ1) is 9.00. The SMILES string of the molecule is C=COS(=O)c1ccc(C)cc1. The van der Waals surface area contributed by atoms with E-state index in [2.05, 4.69) is 6.58 Å². The maximum atomic E-state index is 11.2. The Kier molecular flexibility index (Phi) is 3.05. The molecular formula is C9H10O2S. The zero-order valence-electron chi connectivity index (χ0n) is 6.82. The first-order chi connectivity index (χ1) is 5.74. The van der Waals surface area contributed by atoms with Crippen molar-refractivity contribution in [3.8, 4) is 0 Å². The molecule has 1 aromatic rings. The van der Waals surface area contributed by atoms with Crippen LogP contribution in [-0.4, -0.2) is 4.21 Å². The van der Waals surface area contributed by atoms with Gasteiger partial charge in [-0.3, -0.25) is 0 Å². The van der Waals surface area contributed by atoms with Gasteiger partial charge in [0.15, 0.2) is 0 Å². The van der Waals surface area contributed by atoms with Crippen LogP contribution in [-0.2, 0) is 15.3 Å². The van der Waals surface area contributed by atoms with Crippen molar-refractivity contribution in [3.05, 3.63) is 42.7 Å². The summed E-state index contributed by atoms with van der Waals surface area (Å²) in [5.74, 6) is 0. The molecule has 1 atom stereocenters. The molecule has 1 aromatic carbocycles. The second-order valence-electron chi connectivity index (χ2n) is 2.31. The van der Waals surface area contributed by atoms with E-state index in [1.54, 1.807) is 12.1 Å². The molecule has 1 unspecified atom stereocenters. The average molecular weight is 182 g/mol. The van der Waals surface area contributed by atoms with Gasteiger partial charge >= 0.3 is 0 Å². The van der Waals surface area contributed by atoms with E-state index in [1.807, 2.05) is 19.1 Å². The fourth-order valence-corrected chi connectivity index (χ4v) is 1.36. The molecule has 0 aliphatic heterocycles. The van der Waals surface area contributed by atoms with Crippen LogP contribution in [0.3, 0.4) is 0 Å². The molecular weight excluding hydrogens is 172 g/mol. The van der Waals surface area contributed by atoms with Crippen LogP contribution in [0.4, 0.5) is 0 Å². The molecule has 0 saturated carbocycles. The van der Waals surface area contributed by atoms with Crippen LogP contribution < -0.4 is 0 Å². The van der Waals surface area contributed by atoms with E-state index in [0.29, 0.717) is 4.90 Å². The van der Waals surface area contributed by atoms with Crippen LogP contribution in [0.2, 0.25) is 0 Å². The van der Waals surface area contributed by atoms with Gasteiger partial charge in [0.05, 0.1) is 11.2 Å². The highest BCUT2D eigenvalue weighted by Gasteiger charge is 2.00. The number of hydrogen-bond acceptors (Lipinski definition) is 2. The monoisotopic (exact) mass is 182 g/mol. The molecule has 3 heteroatoms. The first-order valence-corrected chi connectivity index (χ1v) is 4.58. The first-order valence-electron chi connectivity index (χ1n) is 3.50. The lowest BCUT2D eigenvalue weighted by atomic mass is 10.2. The van der Waals surface area contributed by atoms with Crippen molar-refractivity contribution >= 4 is 11.1 Å². The summed E-state index contributed by atoms with van der Waals surface area (Å²) in [6.07, 6.45) is 1.18. The van der Waals surface area contributed by atoms with E-state index in [9.17, 15) is 4.21 Å². The second-order valence-corrected chi connectivity index (χ2v) is 3.44. The molecule has 0 N–H and O–H groups in total. The van der Waals surface area contributed by atoms with Crippen LogP contribution in [0, 0.1) is 6.92 Å². The predicted molar refractivity (Wildman–Crippen MR) is 48.9 cm³/mol. The van der Waals surface area contributed by atoms with E-state index in [0.717, 1.165) is 5.56 Å². The van der Waals surface area contributed by atoms with E-state index in [4.69, 9.17) is 4.18 Å². The fourth-order valence-electron chi connectivity index (χ4n) is 0.767. The number of rotatable bonds is 3. The summed E-state index contributed by atoms with van der Waals surface area (Å²) in [5, 5.41) is 0. The van der Waals surface area contributed by atoms with Crippen molar-refractivity contribution in [1.82, 2.24) is 0 Å². The molecule has 0 bridgehead atoms. The summed E-state index contributed by atoms with van der Waals surface area (Å²) in [4.78, 5) is 0.653. The van der Waals surface area contributed by atoms with Crippen molar-refractivity contribution < 1.29 is 8.39 Å². The van der Waals surface area contributed by atoms with Gasteiger partial charge in [-0.05, 0) is 19.1 Å². The van der Waals surface area contributed by atoms with Gasteiger partial charge < -0.3 is 4.18 Å². The lowest BCUT2D eigenvalue weighted by Crippen LogP contribution is -1.91. The third-order valence-corrected chi connectivity index (χ3v) is 2.34. The quantitative estimate of drug-likeness (QED) is 0.670. The number of aryl methyl sites for hydroxylation is 1. The van der Waals surface area contributed by atoms with E-state index >= 15 is 0 Å². The summed E-state index contributed by atoms with van der Waals surface area (Å²) in [6, 6.07) is 7.32. The smallest absolute Gasteiger partial charge is 0.240 e. The van der Waals surface area contributed by atoms with Crippen molar-refractivity contribution in [2.45, 2.75) is 11.8 Å². The highest BCUT2D eigenvalue weighted by atomic mass is 32.2. The lowest BCUT2D eigenvalue weighted by Gasteiger charge is -1.99. The molecule has 0 amide bonds. The van der Waals surface area contributed by atoms with Crippen LogP contribution in [0.25, 0.3) is 0 Å². The summed E-state index contributed by atoms with van der Waals surface area (Å²) in [7, 11) is 0. The van der Waals surface area contributed by atoms with Gasteiger partial charge in [-0.25, -0.2) is 4.21 Å². The molecule has 0 spiro atoms. The lowest BCUT2D eigenvalue weighted by molar-refractivity contribution is 0.507. The van der Waals surface area contributed by atoms with Crippen molar-refractivity contribution in [2.24, 2.45) is 0 Å². The van der Waals surface area contributed by atoms with Gasteiger partial charge in [0, 0.05) is 0 Å². The molecule has 0 aliphatic rings.